The second-order valence-electron chi connectivity index (χ2n) is 4.17. The average Bonchev–Trinajstić information content (AvgIpc) is 2.30. The van der Waals surface area contributed by atoms with Gasteiger partial charge in [0.25, 0.3) is 0 Å². The fourth-order valence-corrected chi connectivity index (χ4v) is 1.13. The highest BCUT2D eigenvalue weighted by atomic mass is 19.4. The molecule has 0 heterocycles. The molecule has 1 rings (SSSR count). The monoisotopic (exact) mass is 274 g/mol. The predicted molar refractivity (Wildman–Crippen MR) is 64.6 cm³/mol. The van der Waals surface area contributed by atoms with Crippen molar-refractivity contribution in [2.75, 3.05) is 10.6 Å². The summed E-state index contributed by atoms with van der Waals surface area (Å²) >= 11 is 0. The van der Waals surface area contributed by atoms with Gasteiger partial charge in [-0.15, -0.1) is 0 Å². The Hall–Kier alpha value is -2.05. The van der Waals surface area contributed by atoms with Gasteiger partial charge in [0.05, 0.1) is 0 Å². The van der Waals surface area contributed by atoms with Crippen molar-refractivity contribution in [3.63, 3.8) is 0 Å². The van der Waals surface area contributed by atoms with Crippen molar-refractivity contribution in [3.8, 4) is 0 Å². The third-order valence-corrected chi connectivity index (χ3v) is 2.19. The molecular weight excluding hydrogens is 261 g/mol. The van der Waals surface area contributed by atoms with E-state index >= 15 is 0 Å². The number of hydrogen-bond donors (Lipinski definition) is 2. The Balaban J connectivity index is 2.67. The van der Waals surface area contributed by atoms with Gasteiger partial charge in [-0.3, -0.25) is 9.59 Å². The number of carbonyl (C=O) groups is 2. The molecule has 104 valence electrons. The molecule has 0 aliphatic carbocycles. The maximum Gasteiger partial charge on any atom is 0.471 e. The molecule has 7 heteroatoms. The first-order chi connectivity index (χ1) is 8.70. The second kappa shape index (κ2) is 5.73. The maximum absolute atomic E-state index is 12.0. The van der Waals surface area contributed by atoms with Gasteiger partial charge in [-0.1, -0.05) is 13.8 Å². The molecule has 1 aromatic carbocycles. The third-order valence-electron chi connectivity index (χ3n) is 2.19. The quantitative estimate of drug-likeness (QED) is 0.890. The van der Waals surface area contributed by atoms with E-state index in [0.29, 0.717) is 5.69 Å². The van der Waals surface area contributed by atoms with Gasteiger partial charge in [0, 0.05) is 17.3 Å². The van der Waals surface area contributed by atoms with Gasteiger partial charge in [0.1, 0.15) is 0 Å². The number of amides is 2. The van der Waals surface area contributed by atoms with Crippen LogP contribution in [0.25, 0.3) is 0 Å². The van der Waals surface area contributed by atoms with Gasteiger partial charge < -0.3 is 10.6 Å². The minimum absolute atomic E-state index is 0.00451. The molecule has 0 spiro atoms. The molecule has 0 fully saturated rings. The SMILES string of the molecule is CC(C)C(=O)Nc1ccc(NC(=O)C(F)(F)F)cc1. The third kappa shape index (κ3) is 4.61. The predicted octanol–water partition coefficient (Wildman–Crippen LogP) is 2.78. The zero-order valence-electron chi connectivity index (χ0n) is 10.3. The largest absolute Gasteiger partial charge is 0.471 e. The molecule has 0 aliphatic rings. The molecule has 0 saturated carbocycles. The zero-order valence-corrected chi connectivity index (χ0v) is 10.3. The van der Waals surface area contributed by atoms with Crippen molar-refractivity contribution >= 4 is 23.2 Å². The number of rotatable bonds is 3. The summed E-state index contributed by atoms with van der Waals surface area (Å²) in [5.74, 6) is -2.44. The average molecular weight is 274 g/mol. The first-order valence-corrected chi connectivity index (χ1v) is 5.49. The van der Waals surface area contributed by atoms with E-state index in [1.54, 1.807) is 19.2 Å². The Kier molecular flexibility index (Phi) is 4.52. The molecular formula is C12H13F3N2O2. The van der Waals surface area contributed by atoms with Gasteiger partial charge in [-0.05, 0) is 24.3 Å². The zero-order chi connectivity index (χ0) is 14.6. The number of alkyl halides is 3. The molecule has 0 saturated heterocycles. The van der Waals surface area contributed by atoms with Crippen LogP contribution >= 0.6 is 0 Å². The number of nitrogens with one attached hydrogen (secondary N) is 2. The van der Waals surface area contributed by atoms with Crippen molar-refractivity contribution in [3.05, 3.63) is 24.3 Å². The summed E-state index contributed by atoms with van der Waals surface area (Å²) in [4.78, 5) is 22.1. The lowest BCUT2D eigenvalue weighted by Gasteiger charge is -2.10. The van der Waals surface area contributed by atoms with E-state index < -0.39 is 12.1 Å². The van der Waals surface area contributed by atoms with Crippen LogP contribution in [0, 0.1) is 5.92 Å². The summed E-state index contributed by atoms with van der Waals surface area (Å²) in [6.45, 7) is 3.43. The van der Waals surface area contributed by atoms with E-state index in [2.05, 4.69) is 5.32 Å². The highest BCUT2D eigenvalue weighted by Crippen LogP contribution is 2.19. The number of hydrogen-bond acceptors (Lipinski definition) is 2. The minimum atomic E-state index is -4.93. The molecule has 0 atom stereocenters. The lowest BCUT2D eigenvalue weighted by Crippen LogP contribution is -2.29. The molecule has 0 radical (unpaired) electrons. The summed E-state index contributed by atoms with van der Waals surface area (Å²) in [5, 5.41) is 4.29. The van der Waals surface area contributed by atoms with Crippen molar-refractivity contribution in [2.45, 2.75) is 20.0 Å². The first-order valence-electron chi connectivity index (χ1n) is 5.49. The molecule has 1 aromatic rings. The van der Waals surface area contributed by atoms with Crippen LogP contribution < -0.4 is 10.6 Å². The van der Waals surface area contributed by atoms with E-state index in [1.165, 1.54) is 24.3 Å². The van der Waals surface area contributed by atoms with Crippen LogP contribution in [0.4, 0.5) is 24.5 Å². The number of halogens is 3. The normalized spacial score (nSPS) is 11.3. The molecule has 0 bridgehead atoms. The highest BCUT2D eigenvalue weighted by molar-refractivity contribution is 5.95. The van der Waals surface area contributed by atoms with Crippen LogP contribution in [0.15, 0.2) is 24.3 Å². The summed E-state index contributed by atoms with van der Waals surface area (Å²) in [6, 6.07) is 5.37. The smallest absolute Gasteiger partial charge is 0.326 e. The van der Waals surface area contributed by atoms with Crippen LogP contribution in [0.5, 0.6) is 0 Å². The Labute approximate surface area is 108 Å². The van der Waals surface area contributed by atoms with E-state index in [-0.39, 0.29) is 17.5 Å². The van der Waals surface area contributed by atoms with Gasteiger partial charge in [-0.25, -0.2) is 0 Å². The fraction of sp³-hybridized carbons (Fsp3) is 0.333. The van der Waals surface area contributed by atoms with Gasteiger partial charge >= 0.3 is 12.1 Å². The van der Waals surface area contributed by atoms with Crippen molar-refractivity contribution in [1.82, 2.24) is 0 Å². The minimum Gasteiger partial charge on any atom is -0.326 e. The summed E-state index contributed by atoms with van der Waals surface area (Å²) in [5.41, 5.74) is 0.452. The van der Waals surface area contributed by atoms with E-state index in [4.69, 9.17) is 0 Å². The second-order valence-corrected chi connectivity index (χ2v) is 4.17. The maximum atomic E-state index is 12.0. The van der Waals surface area contributed by atoms with Crippen LogP contribution in [-0.2, 0) is 9.59 Å². The standard InChI is InChI=1S/C12H13F3N2O2/c1-7(2)10(18)16-8-3-5-9(6-4-8)17-11(19)12(13,14)15/h3-7H,1-2H3,(H,16,18)(H,17,19). The molecule has 2 amide bonds. The van der Waals surface area contributed by atoms with Crippen LogP contribution in [0.2, 0.25) is 0 Å². The van der Waals surface area contributed by atoms with E-state index in [0.717, 1.165) is 0 Å². The number of anilines is 2. The summed E-state index contributed by atoms with van der Waals surface area (Å²) in [6.07, 6.45) is -4.93. The number of carbonyl (C=O) groups excluding carboxylic acids is 2. The van der Waals surface area contributed by atoms with Crippen molar-refractivity contribution < 1.29 is 22.8 Å². The van der Waals surface area contributed by atoms with Gasteiger partial charge in [-0.2, -0.15) is 13.2 Å². The Morgan fingerprint density at radius 3 is 1.79 bits per heavy atom. The summed E-state index contributed by atoms with van der Waals surface area (Å²) < 4.78 is 36.0. The van der Waals surface area contributed by atoms with Gasteiger partial charge in [0.2, 0.25) is 5.91 Å². The van der Waals surface area contributed by atoms with Gasteiger partial charge in [0.15, 0.2) is 0 Å². The van der Waals surface area contributed by atoms with E-state index in [1.807, 2.05) is 0 Å². The number of benzene rings is 1. The van der Waals surface area contributed by atoms with Crippen molar-refractivity contribution in [1.29, 1.82) is 0 Å². The van der Waals surface area contributed by atoms with E-state index in [9.17, 15) is 22.8 Å². The molecule has 2 N–H and O–H groups in total. The molecule has 4 nitrogen and oxygen atoms in total. The highest BCUT2D eigenvalue weighted by Gasteiger charge is 2.38. The fourth-order valence-electron chi connectivity index (χ4n) is 1.13. The lowest BCUT2D eigenvalue weighted by atomic mass is 10.2. The Morgan fingerprint density at radius 2 is 1.42 bits per heavy atom. The molecule has 0 aromatic heterocycles. The first kappa shape index (κ1) is 15.0. The Morgan fingerprint density at radius 1 is 1.00 bits per heavy atom. The van der Waals surface area contributed by atoms with Crippen LogP contribution in [-0.4, -0.2) is 18.0 Å². The Bertz CT molecular complexity index is 467. The molecule has 0 aliphatic heterocycles. The van der Waals surface area contributed by atoms with Crippen LogP contribution in [0.3, 0.4) is 0 Å². The topological polar surface area (TPSA) is 58.2 Å². The van der Waals surface area contributed by atoms with Crippen LogP contribution in [0.1, 0.15) is 13.8 Å². The summed E-state index contributed by atoms with van der Waals surface area (Å²) in [7, 11) is 0. The van der Waals surface area contributed by atoms with Crippen molar-refractivity contribution in [2.24, 2.45) is 5.92 Å². The molecule has 0 unspecified atom stereocenters. The lowest BCUT2D eigenvalue weighted by molar-refractivity contribution is -0.167. The molecule has 19 heavy (non-hydrogen) atoms.